The monoisotopic (exact) mass is 377 g/mol. The number of ether oxygens (including phenoxy) is 2. The van der Waals surface area contributed by atoms with Crippen LogP contribution < -0.4 is 4.74 Å². The summed E-state index contributed by atoms with van der Waals surface area (Å²) in [4.78, 5) is 21.9. The molecule has 1 aromatic carbocycles. The lowest BCUT2D eigenvalue weighted by Gasteiger charge is -2.14. The summed E-state index contributed by atoms with van der Waals surface area (Å²) < 4.78 is 26.7. The van der Waals surface area contributed by atoms with E-state index in [1.807, 2.05) is 6.07 Å². The van der Waals surface area contributed by atoms with E-state index < -0.39 is 38.8 Å². The van der Waals surface area contributed by atoms with E-state index in [0.29, 0.717) is 16.3 Å². The second kappa shape index (κ2) is 6.66. The minimum Gasteiger partial charge on any atom is -0.494 e. The second-order valence-electron chi connectivity index (χ2n) is 5.22. The molecule has 0 spiro atoms. The van der Waals surface area contributed by atoms with Crippen LogP contribution >= 0.6 is 19.2 Å². The maximum atomic E-state index is 10.8. The molecular weight excluding hydrogens is 361 g/mol. The number of para-hydroxylation sites is 1. The van der Waals surface area contributed by atoms with Gasteiger partial charge in [-0.1, -0.05) is 6.07 Å². The smallest absolute Gasteiger partial charge is 0.469 e. The predicted molar refractivity (Wildman–Crippen MR) is 83.8 cm³/mol. The van der Waals surface area contributed by atoms with Crippen LogP contribution in [0.2, 0.25) is 0 Å². The molecular formula is C13H16NO8PS. The molecule has 1 aromatic heterocycles. The highest BCUT2D eigenvalue weighted by Gasteiger charge is 2.45. The molecule has 1 aliphatic heterocycles. The molecule has 132 valence electrons. The molecule has 2 aromatic rings. The average molecular weight is 377 g/mol. The third kappa shape index (κ3) is 3.46. The third-order valence-electron chi connectivity index (χ3n) is 3.63. The van der Waals surface area contributed by atoms with E-state index >= 15 is 0 Å². The first-order chi connectivity index (χ1) is 11.3. The zero-order chi connectivity index (χ0) is 17.5. The highest BCUT2D eigenvalue weighted by molar-refractivity contribution is 7.46. The average Bonchev–Trinajstić information content (AvgIpc) is 3.07. The van der Waals surface area contributed by atoms with Crippen LogP contribution in [0.5, 0.6) is 5.75 Å². The van der Waals surface area contributed by atoms with Gasteiger partial charge in [-0.25, -0.2) is 9.55 Å². The first kappa shape index (κ1) is 17.7. The third-order valence-corrected chi connectivity index (χ3v) is 5.20. The van der Waals surface area contributed by atoms with Crippen molar-refractivity contribution in [3.8, 4) is 5.75 Å². The summed E-state index contributed by atoms with van der Waals surface area (Å²) >= 11 is 1.27. The maximum absolute atomic E-state index is 10.8. The number of thiazole rings is 1. The highest BCUT2D eigenvalue weighted by atomic mass is 32.1. The Bertz CT molecular complexity index is 776. The fourth-order valence-electron chi connectivity index (χ4n) is 2.49. The van der Waals surface area contributed by atoms with Crippen molar-refractivity contribution in [2.75, 3.05) is 13.7 Å². The molecule has 9 nitrogen and oxygen atoms in total. The van der Waals surface area contributed by atoms with Gasteiger partial charge < -0.3 is 29.5 Å². The van der Waals surface area contributed by atoms with Gasteiger partial charge in [-0.15, -0.1) is 11.3 Å². The van der Waals surface area contributed by atoms with Crippen molar-refractivity contribution in [1.82, 2.24) is 4.98 Å². The summed E-state index contributed by atoms with van der Waals surface area (Å²) in [5.41, 5.74) is 0.611. The molecule has 1 fully saturated rings. The Morgan fingerprint density at radius 1 is 1.33 bits per heavy atom. The molecule has 11 heteroatoms. The van der Waals surface area contributed by atoms with Gasteiger partial charge in [0, 0.05) is 0 Å². The van der Waals surface area contributed by atoms with E-state index in [1.165, 1.54) is 18.4 Å². The van der Waals surface area contributed by atoms with Crippen molar-refractivity contribution in [3.05, 3.63) is 23.2 Å². The van der Waals surface area contributed by atoms with E-state index in [9.17, 15) is 14.8 Å². The predicted octanol–water partition coefficient (Wildman–Crippen LogP) is 0.576. The topological polar surface area (TPSA) is 139 Å². The van der Waals surface area contributed by atoms with E-state index in [-0.39, 0.29) is 0 Å². The maximum Gasteiger partial charge on any atom is 0.469 e. The Kier molecular flexibility index (Phi) is 4.92. The number of aliphatic hydroxyl groups excluding tert-OH is 2. The fraction of sp³-hybridized carbons (Fsp3) is 0.462. The fourth-order valence-corrected chi connectivity index (χ4v) is 3.89. The normalized spacial score (nSPS) is 27.7. The lowest BCUT2D eigenvalue weighted by molar-refractivity contribution is -0.0223. The van der Waals surface area contributed by atoms with Crippen molar-refractivity contribution in [2.45, 2.75) is 24.4 Å². The molecule has 0 bridgehead atoms. The van der Waals surface area contributed by atoms with Crippen molar-refractivity contribution in [3.63, 3.8) is 0 Å². The zero-order valence-electron chi connectivity index (χ0n) is 12.5. The second-order valence-corrected chi connectivity index (χ2v) is 7.52. The summed E-state index contributed by atoms with van der Waals surface area (Å²) in [5, 5.41) is 20.6. The van der Waals surface area contributed by atoms with Crippen molar-refractivity contribution >= 4 is 29.4 Å². The highest BCUT2D eigenvalue weighted by Crippen LogP contribution is 2.41. The van der Waals surface area contributed by atoms with Gasteiger partial charge in [-0.05, 0) is 12.1 Å². The molecule has 0 radical (unpaired) electrons. The van der Waals surface area contributed by atoms with Gasteiger partial charge in [0.25, 0.3) is 0 Å². The van der Waals surface area contributed by atoms with Crippen LogP contribution in [0.3, 0.4) is 0 Å². The van der Waals surface area contributed by atoms with Crippen molar-refractivity contribution < 1.29 is 38.6 Å². The molecule has 2 heterocycles. The first-order valence-corrected chi connectivity index (χ1v) is 9.30. The number of aromatic nitrogens is 1. The van der Waals surface area contributed by atoms with Crippen molar-refractivity contribution in [1.29, 1.82) is 0 Å². The van der Waals surface area contributed by atoms with Crippen LogP contribution in [0.15, 0.2) is 18.2 Å². The first-order valence-electron chi connectivity index (χ1n) is 6.95. The van der Waals surface area contributed by atoms with Crippen LogP contribution in [0.25, 0.3) is 10.2 Å². The number of phosphoric acid groups is 1. The lowest BCUT2D eigenvalue weighted by Crippen LogP contribution is -2.33. The van der Waals surface area contributed by atoms with Gasteiger partial charge in [0.05, 0.1) is 18.4 Å². The molecule has 0 aliphatic carbocycles. The van der Waals surface area contributed by atoms with Gasteiger partial charge >= 0.3 is 7.82 Å². The van der Waals surface area contributed by atoms with Crippen LogP contribution in [-0.4, -0.2) is 57.0 Å². The largest absolute Gasteiger partial charge is 0.494 e. The number of methoxy groups -OCH3 is 1. The number of hydrogen-bond acceptors (Lipinski definition) is 8. The Morgan fingerprint density at radius 3 is 2.75 bits per heavy atom. The van der Waals surface area contributed by atoms with Gasteiger partial charge in [0.1, 0.15) is 40.7 Å². The van der Waals surface area contributed by atoms with Crippen LogP contribution in [0.4, 0.5) is 0 Å². The number of rotatable bonds is 5. The standard InChI is InChI=1S/C13H16NO8PS/c1-20-6-3-2-4-8-9(6)14-13(24-8)12-11(16)10(15)7(22-12)5-21-23(17,18)19/h2-4,7,10-12,15-16H,5H2,1H3,(H2,17,18,19)/t7-,10+,11-,12-/m1/s1. The number of aliphatic hydroxyl groups is 2. The Labute approximate surface area is 140 Å². The number of hydrogen-bond donors (Lipinski definition) is 4. The molecule has 4 atom stereocenters. The number of fused-ring (bicyclic) bond motifs is 1. The molecule has 0 unspecified atom stereocenters. The Hall–Kier alpha value is -1.10. The SMILES string of the molecule is COc1cccc2sc([C@@H]3O[C@H](COP(=O)(O)O)[C@H](O)[C@H]3O)nc12. The summed E-state index contributed by atoms with van der Waals surface area (Å²) in [6.07, 6.45) is -4.64. The molecule has 3 rings (SSSR count). The summed E-state index contributed by atoms with van der Waals surface area (Å²) in [6.45, 7) is -0.548. The number of nitrogens with zero attached hydrogens (tertiary/aromatic N) is 1. The van der Waals surface area contributed by atoms with Crippen LogP contribution in [0.1, 0.15) is 11.1 Å². The van der Waals surface area contributed by atoms with E-state index in [2.05, 4.69) is 9.51 Å². The van der Waals surface area contributed by atoms with Gasteiger partial charge in [-0.3, -0.25) is 4.52 Å². The molecule has 1 saturated heterocycles. The summed E-state index contributed by atoms with van der Waals surface area (Å²) in [7, 11) is -3.17. The van der Waals surface area contributed by atoms with Crippen LogP contribution in [0, 0.1) is 0 Å². The Balaban J connectivity index is 1.83. The van der Waals surface area contributed by atoms with Gasteiger partial charge in [0.2, 0.25) is 0 Å². The summed E-state index contributed by atoms with van der Waals surface area (Å²) in [6, 6.07) is 5.40. The van der Waals surface area contributed by atoms with Gasteiger partial charge in [0.15, 0.2) is 0 Å². The molecule has 1 aliphatic rings. The lowest BCUT2D eigenvalue weighted by atomic mass is 10.1. The quantitative estimate of drug-likeness (QED) is 0.551. The van der Waals surface area contributed by atoms with Crippen molar-refractivity contribution in [2.24, 2.45) is 0 Å². The van der Waals surface area contributed by atoms with E-state index in [4.69, 9.17) is 19.3 Å². The van der Waals surface area contributed by atoms with E-state index in [0.717, 1.165) is 4.70 Å². The molecule has 4 N–H and O–H groups in total. The molecule has 24 heavy (non-hydrogen) atoms. The zero-order valence-corrected chi connectivity index (χ0v) is 14.2. The minimum atomic E-state index is -4.69. The molecule has 0 saturated carbocycles. The van der Waals surface area contributed by atoms with Crippen LogP contribution in [-0.2, 0) is 13.8 Å². The Morgan fingerprint density at radius 2 is 2.08 bits per heavy atom. The number of phosphoric ester groups is 1. The molecule has 0 amide bonds. The number of benzene rings is 1. The van der Waals surface area contributed by atoms with E-state index in [1.54, 1.807) is 12.1 Å². The minimum absolute atomic E-state index is 0.430. The van der Waals surface area contributed by atoms with Gasteiger partial charge in [-0.2, -0.15) is 0 Å². The summed E-state index contributed by atoms with van der Waals surface area (Å²) in [5.74, 6) is 0.574.